The summed E-state index contributed by atoms with van der Waals surface area (Å²) in [6, 6.07) is 9.85. The first kappa shape index (κ1) is 17.9. The van der Waals surface area contributed by atoms with Gasteiger partial charge in [-0.15, -0.1) is 0 Å². The van der Waals surface area contributed by atoms with Gasteiger partial charge in [-0.3, -0.25) is 9.63 Å². The molecule has 5 heteroatoms. The molecule has 2 atom stereocenters. The minimum Gasteiger partial charge on any atom is -0.394 e. The van der Waals surface area contributed by atoms with Gasteiger partial charge < -0.3 is 10.0 Å². The fourth-order valence-corrected chi connectivity index (χ4v) is 3.19. The molecule has 0 bridgehead atoms. The molecule has 1 aromatic carbocycles. The average Bonchev–Trinajstić information content (AvgIpc) is 2.90. The molecular formula is C18H28N2O3. The maximum Gasteiger partial charge on any atom is 0.242 e. The van der Waals surface area contributed by atoms with E-state index in [1.165, 1.54) is 0 Å². The number of benzene rings is 1. The van der Waals surface area contributed by atoms with Crippen LogP contribution in [0.1, 0.15) is 39.7 Å². The third kappa shape index (κ3) is 4.31. The third-order valence-corrected chi connectivity index (χ3v) is 4.16. The number of rotatable bonds is 6. The maximum atomic E-state index is 13.0. The Bertz CT molecular complexity index is 496. The van der Waals surface area contributed by atoms with Crippen LogP contribution in [0.3, 0.4) is 0 Å². The Labute approximate surface area is 138 Å². The number of carbonyl (C=O) groups excluding carboxylic acids is 1. The van der Waals surface area contributed by atoms with Crippen molar-refractivity contribution in [2.24, 2.45) is 0 Å². The van der Waals surface area contributed by atoms with Gasteiger partial charge in [-0.2, -0.15) is 5.06 Å². The van der Waals surface area contributed by atoms with E-state index in [9.17, 15) is 9.90 Å². The highest BCUT2D eigenvalue weighted by Gasteiger charge is 2.41. The van der Waals surface area contributed by atoms with Crippen LogP contribution >= 0.6 is 0 Å². The molecule has 0 unspecified atom stereocenters. The summed E-state index contributed by atoms with van der Waals surface area (Å²) in [6.07, 6.45) is 0.215. The number of aliphatic hydroxyl groups is 1. The average molecular weight is 320 g/mol. The number of nitrogens with zero attached hydrogens (tertiary/aromatic N) is 2. The topological polar surface area (TPSA) is 53.0 Å². The number of carbonyl (C=O) groups is 1. The highest BCUT2D eigenvalue weighted by Crippen LogP contribution is 2.26. The SMILES string of the molecule is CC(C)N(C(=O)[C@@H]1C[C@H](CO)ON1Cc1ccccc1)C(C)C. The van der Waals surface area contributed by atoms with Gasteiger partial charge in [-0.25, -0.2) is 0 Å². The second-order valence-electron chi connectivity index (χ2n) is 6.66. The molecule has 2 rings (SSSR count). The number of hydrogen-bond acceptors (Lipinski definition) is 4. The first-order valence-electron chi connectivity index (χ1n) is 8.34. The highest BCUT2D eigenvalue weighted by molar-refractivity contribution is 5.82. The summed E-state index contributed by atoms with van der Waals surface area (Å²) in [5.41, 5.74) is 1.09. The van der Waals surface area contributed by atoms with Gasteiger partial charge in [-0.1, -0.05) is 30.3 Å². The van der Waals surface area contributed by atoms with Crippen LogP contribution in [-0.4, -0.2) is 51.8 Å². The van der Waals surface area contributed by atoms with Gasteiger partial charge in [0.05, 0.1) is 13.2 Å². The van der Waals surface area contributed by atoms with E-state index in [0.717, 1.165) is 5.56 Å². The van der Waals surface area contributed by atoms with E-state index in [-0.39, 0.29) is 36.7 Å². The molecule has 0 aromatic heterocycles. The summed E-state index contributed by atoms with van der Waals surface area (Å²) < 4.78 is 0. The van der Waals surface area contributed by atoms with Crippen LogP contribution in [0.5, 0.6) is 0 Å². The Morgan fingerprint density at radius 1 is 1.26 bits per heavy atom. The Morgan fingerprint density at radius 2 is 1.87 bits per heavy atom. The lowest BCUT2D eigenvalue weighted by Gasteiger charge is -2.34. The van der Waals surface area contributed by atoms with Crippen molar-refractivity contribution in [3.05, 3.63) is 35.9 Å². The van der Waals surface area contributed by atoms with Crippen LogP contribution in [0.2, 0.25) is 0 Å². The molecule has 23 heavy (non-hydrogen) atoms. The molecule has 1 aliphatic heterocycles. The molecule has 1 aliphatic rings. The molecule has 1 heterocycles. The van der Waals surface area contributed by atoms with Gasteiger partial charge >= 0.3 is 0 Å². The van der Waals surface area contributed by atoms with Gasteiger partial charge in [0.15, 0.2) is 0 Å². The van der Waals surface area contributed by atoms with Gasteiger partial charge in [0.2, 0.25) is 5.91 Å². The lowest BCUT2D eigenvalue weighted by Crippen LogP contribution is -2.50. The molecule has 0 saturated carbocycles. The lowest BCUT2D eigenvalue weighted by atomic mass is 10.1. The quantitative estimate of drug-likeness (QED) is 0.873. The van der Waals surface area contributed by atoms with Crippen LogP contribution in [0.4, 0.5) is 0 Å². The number of hydroxylamine groups is 2. The summed E-state index contributed by atoms with van der Waals surface area (Å²) in [7, 11) is 0. The standard InChI is InChI=1S/C18H28N2O3/c1-13(2)20(14(3)4)18(22)17-10-16(12-21)23-19(17)11-15-8-6-5-7-9-15/h5-9,13-14,16-17,21H,10-12H2,1-4H3/t16-,17+/m1/s1. The third-order valence-electron chi connectivity index (χ3n) is 4.16. The maximum absolute atomic E-state index is 13.0. The summed E-state index contributed by atoms with van der Waals surface area (Å²) in [5.74, 6) is 0.0712. The van der Waals surface area contributed by atoms with Gasteiger partial charge in [0.25, 0.3) is 0 Å². The summed E-state index contributed by atoms with van der Waals surface area (Å²) in [5, 5.41) is 11.2. The molecule has 1 N–H and O–H groups in total. The van der Waals surface area contributed by atoms with Crippen LogP contribution in [0.15, 0.2) is 30.3 Å². The van der Waals surface area contributed by atoms with Crippen LogP contribution in [0.25, 0.3) is 0 Å². The van der Waals surface area contributed by atoms with Crippen molar-refractivity contribution in [3.8, 4) is 0 Å². The summed E-state index contributed by atoms with van der Waals surface area (Å²) >= 11 is 0. The predicted octanol–water partition coefficient (Wildman–Crippen LogP) is 2.20. The summed E-state index contributed by atoms with van der Waals surface area (Å²) in [4.78, 5) is 20.7. The van der Waals surface area contributed by atoms with Crippen LogP contribution in [0, 0.1) is 0 Å². The lowest BCUT2D eigenvalue weighted by molar-refractivity contribution is -0.186. The molecule has 1 amide bonds. The van der Waals surface area contributed by atoms with E-state index in [1.807, 2.05) is 62.9 Å². The summed E-state index contributed by atoms with van der Waals surface area (Å²) in [6.45, 7) is 8.57. The largest absolute Gasteiger partial charge is 0.394 e. The van der Waals surface area contributed by atoms with Gasteiger partial charge in [0, 0.05) is 18.5 Å². The Morgan fingerprint density at radius 3 is 2.39 bits per heavy atom. The molecular weight excluding hydrogens is 292 g/mol. The zero-order chi connectivity index (χ0) is 17.0. The van der Waals surface area contributed by atoms with Crippen molar-refractivity contribution < 1.29 is 14.7 Å². The smallest absolute Gasteiger partial charge is 0.242 e. The van der Waals surface area contributed by atoms with E-state index in [1.54, 1.807) is 5.06 Å². The highest BCUT2D eigenvalue weighted by atomic mass is 16.7. The predicted molar refractivity (Wildman–Crippen MR) is 89.5 cm³/mol. The minimum atomic E-state index is -0.350. The normalized spacial score (nSPS) is 22.0. The Balaban J connectivity index is 2.17. The zero-order valence-corrected chi connectivity index (χ0v) is 14.5. The second-order valence-corrected chi connectivity index (χ2v) is 6.66. The van der Waals surface area contributed by atoms with Crippen LogP contribution in [-0.2, 0) is 16.2 Å². The molecule has 0 spiro atoms. The number of hydrogen-bond donors (Lipinski definition) is 1. The van der Waals surface area contributed by atoms with E-state index in [0.29, 0.717) is 13.0 Å². The molecule has 1 saturated heterocycles. The minimum absolute atomic E-state index is 0.0710. The van der Waals surface area contributed by atoms with Crippen molar-refractivity contribution in [3.63, 3.8) is 0 Å². The number of aliphatic hydroxyl groups excluding tert-OH is 1. The van der Waals surface area contributed by atoms with Crippen molar-refractivity contribution in [1.82, 2.24) is 9.96 Å². The second kappa shape index (κ2) is 7.90. The van der Waals surface area contributed by atoms with Crippen molar-refractivity contribution >= 4 is 5.91 Å². The van der Waals surface area contributed by atoms with E-state index >= 15 is 0 Å². The van der Waals surface area contributed by atoms with Crippen molar-refractivity contribution in [1.29, 1.82) is 0 Å². The molecule has 1 fully saturated rings. The fraction of sp³-hybridized carbons (Fsp3) is 0.611. The van der Waals surface area contributed by atoms with Gasteiger partial charge in [-0.05, 0) is 33.3 Å². The zero-order valence-electron chi connectivity index (χ0n) is 14.5. The first-order chi connectivity index (χ1) is 10.9. The molecule has 1 aromatic rings. The van der Waals surface area contributed by atoms with Crippen molar-refractivity contribution in [2.75, 3.05) is 6.61 Å². The van der Waals surface area contributed by atoms with Crippen molar-refractivity contribution in [2.45, 2.75) is 64.9 Å². The fourth-order valence-electron chi connectivity index (χ4n) is 3.19. The Hall–Kier alpha value is -1.43. The first-order valence-corrected chi connectivity index (χ1v) is 8.34. The van der Waals surface area contributed by atoms with Gasteiger partial charge in [0.1, 0.15) is 12.1 Å². The van der Waals surface area contributed by atoms with E-state index < -0.39 is 0 Å². The Kier molecular flexibility index (Phi) is 6.16. The molecule has 5 nitrogen and oxygen atoms in total. The van der Waals surface area contributed by atoms with E-state index in [2.05, 4.69) is 0 Å². The molecule has 128 valence electrons. The monoisotopic (exact) mass is 320 g/mol. The van der Waals surface area contributed by atoms with E-state index in [4.69, 9.17) is 4.84 Å². The van der Waals surface area contributed by atoms with Crippen LogP contribution < -0.4 is 0 Å². The molecule has 0 aliphatic carbocycles. The number of amides is 1. The molecule has 0 radical (unpaired) electrons.